The Bertz CT molecular complexity index is 96.6. The van der Waals surface area contributed by atoms with Crippen molar-refractivity contribution in [2.45, 2.75) is 18.8 Å². The van der Waals surface area contributed by atoms with E-state index in [1.165, 1.54) is 0 Å². The Hall–Kier alpha value is -0.500. The maximum Gasteiger partial charge on any atom is 0.226 e. The normalized spacial score (nSPS) is 44.6. The quantitative estimate of drug-likeness (QED) is 0.415. The third-order valence-corrected chi connectivity index (χ3v) is 1.21. The number of hydrogen-bond acceptors (Lipinski definition) is 2. The molecule has 0 saturated carbocycles. The molecule has 2 aliphatic heterocycles. The van der Waals surface area contributed by atoms with Gasteiger partial charge in [0.1, 0.15) is 6.10 Å². The van der Waals surface area contributed by atoms with Gasteiger partial charge in [0.2, 0.25) is 6.29 Å². The van der Waals surface area contributed by atoms with Crippen LogP contribution in [0.3, 0.4) is 0 Å². The van der Waals surface area contributed by atoms with Crippen molar-refractivity contribution in [1.29, 1.82) is 0 Å². The molecule has 0 radical (unpaired) electrons. The van der Waals surface area contributed by atoms with Crippen molar-refractivity contribution in [1.82, 2.24) is 0 Å². The highest BCUT2D eigenvalue weighted by Gasteiger charge is 2.41. The lowest BCUT2D eigenvalue weighted by Gasteiger charge is -1.95. The standard InChI is InChI=1S/C5H6O2/c1-2-4-5(7-4)6-3-1/h1,3-5H,2H2/t4-,5+/m0/s1. The van der Waals surface area contributed by atoms with Gasteiger partial charge >= 0.3 is 0 Å². The fourth-order valence-corrected chi connectivity index (χ4v) is 0.736. The second-order valence-corrected chi connectivity index (χ2v) is 1.79. The Morgan fingerprint density at radius 2 is 2.57 bits per heavy atom. The Morgan fingerprint density at radius 3 is 3.14 bits per heavy atom. The van der Waals surface area contributed by atoms with Gasteiger partial charge in [-0.1, -0.05) is 0 Å². The van der Waals surface area contributed by atoms with Crippen molar-refractivity contribution in [2.75, 3.05) is 0 Å². The molecule has 38 valence electrons. The molecule has 0 aromatic heterocycles. The summed E-state index contributed by atoms with van der Waals surface area (Å²) >= 11 is 0. The molecule has 2 heterocycles. The molecule has 2 aliphatic rings. The third-order valence-electron chi connectivity index (χ3n) is 1.21. The fraction of sp³-hybridized carbons (Fsp3) is 0.600. The average molecular weight is 98.1 g/mol. The van der Waals surface area contributed by atoms with Crippen LogP contribution in [0.2, 0.25) is 0 Å². The van der Waals surface area contributed by atoms with E-state index in [9.17, 15) is 0 Å². The van der Waals surface area contributed by atoms with E-state index >= 15 is 0 Å². The van der Waals surface area contributed by atoms with Crippen LogP contribution in [0.4, 0.5) is 0 Å². The van der Waals surface area contributed by atoms with Crippen LogP contribution in [0.5, 0.6) is 0 Å². The van der Waals surface area contributed by atoms with Crippen LogP contribution in [0.1, 0.15) is 6.42 Å². The van der Waals surface area contributed by atoms with Gasteiger partial charge in [-0.2, -0.15) is 0 Å². The van der Waals surface area contributed by atoms with Crippen LogP contribution in [0.25, 0.3) is 0 Å². The summed E-state index contributed by atoms with van der Waals surface area (Å²) in [7, 11) is 0. The van der Waals surface area contributed by atoms with Crippen molar-refractivity contribution in [3.05, 3.63) is 12.3 Å². The molecule has 0 spiro atoms. The van der Waals surface area contributed by atoms with Crippen molar-refractivity contribution in [3.63, 3.8) is 0 Å². The van der Waals surface area contributed by atoms with E-state index in [1.807, 2.05) is 6.08 Å². The molecular weight excluding hydrogens is 92.1 g/mol. The Kier molecular flexibility index (Phi) is 0.504. The fourth-order valence-electron chi connectivity index (χ4n) is 0.736. The van der Waals surface area contributed by atoms with Gasteiger partial charge in [0.05, 0.1) is 6.26 Å². The van der Waals surface area contributed by atoms with Crippen LogP contribution >= 0.6 is 0 Å². The highest BCUT2D eigenvalue weighted by atomic mass is 16.8. The molecule has 0 bridgehead atoms. The summed E-state index contributed by atoms with van der Waals surface area (Å²) in [5, 5.41) is 0. The van der Waals surface area contributed by atoms with Gasteiger partial charge < -0.3 is 9.47 Å². The van der Waals surface area contributed by atoms with E-state index in [0.717, 1.165) is 6.42 Å². The zero-order chi connectivity index (χ0) is 4.69. The molecule has 0 aromatic carbocycles. The van der Waals surface area contributed by atoms with Crippen molar-refractivity contribution < 1.29 is 9.47 Å². The lowest BCUT2D eigenvalue weighted by atomic mass is 10.3. The first-order valence-corrected chi connectivity index (χ1v) is 2.43. The second-order valence-electron chi connectivity index (χ2n) is 1.79. The van der Waals surface area contributed by atoms with Crippen LogP contribution in [-0.4, -0.2) is 12.4 Å². The van der Waals surface area contributed by atoms with Gasteiger partial charge in [0, 0.05) is 6.42 Å². The van der Waals surface area contributed by atoms with Gasteiger partial charge in [0.25, 0.3) is 0 Å². The summed E-state index contributed by atoms with van der Waals surface area (Å²) in [5.74, 6) is 0. The number of hydrogen-bond donors (Lipinski definition) is 0. The van der Waals surface area contributed by atoms with Gasteiger partial charge in [-0.15, -0.1) is 0 Å². The summed E-state index contributed by atoms with van der Waals surface area (Å²) < 4.78 is 9.94. The summed E-state index contributed by atoms with van der Waals surface area (Å²) in [6.07, 6.45) is 5.22. The molecule has 0 amide bonds. The van der Waals surface area contributed by atoms with Crippen molar-refractivity contribution in [3.8, 4) is 0 Å². The molecule has 1 saturated heterocycles. The lowest BCUT2D eigenvalue weighted by molar-refractivity contribution is 0.131. The highest BCUT2D eigenvalue weighted by molar-refractivity contribution is 4.93. The van der Waals surface area contributed by atoms with E-state index in [0.29, 0.717) is 6.10 Å². The summed E-state index contributed by atoms with van der Waals surface area (Å²) in [6, 6.07) is 0. The molecule has 0 aliphatic carbocycles. The Morgan fingerprint density at radius 1 is 1.57 bits per heavy atom. The molecule has 1 fully saturated rings. The molecule has 2 rings (SSSR count). The molecule has 0 N–H and O–H groups in total. The van der Waals surface area contributed by atoms with Crippen molar-refractivity contribution in [2.24, 2.45) is 0 Å². The van der Waals surface area contributed by atoms with Gasteiger partial charge in [0.15, 0.2) is 0 Å². The van der Waals surface area contributed by atoms with Crippen LogP contribution < -0.4 is 0 Å². The molecular formula is C5H6O2. The zero-order valence-corrected chi connectivity index (χ0v) is 3.83. The minimum absolute atomic E-state index is 0.116. The maximum absolute atomic E-state index is 4.99. The lowest BCUT2D eigenvalue weighted by Crippen LogP contribution is -1.97. The number of epoxide rings is 1. The van der Waals surface area contributed by atoms with E-state index in [2.05, 4.69) is 0 Å². The highest BCUT2D eigenvalue weighted by Crippen LogP contribution is 2.29. The van der Waals surface area contributed by atoms with Gasteiger partial charge in [-0.3, -0.25) is 0 Å². The predicted molar refractivity (Wildman–Crippen MR) is 23.5 cm³/mol. The third kappa shape index (κ3) is 0.431. The Labute approximate surface area is 41.7 Å². The minimum Gasteiger partial charge on any atom is -0.470 e. The Balaban J connectivity index is 2.10. The van der Waals surface area contributed by atoms with Gasteiger partial charge in [-0.25, -0.2) is 0 Å². The molecule has 0 unspecified atom stereocenters. The van der Waals surface area contributed by atoms with Crippen LogP contribution in [0.15, 0.2) is 12.3 Å². The maximum atomic E-state index is 4.99. The van der Waals surface area contributed by atoms with Crippen LogP contribution in [-0.2, 0) is 9.47 Å². The molecule has 7 heavy (non-hydrogen) atoms. The average Bonchev–Trinajstić information content (AvgIpc) is 2.41. The van der Waals surface area contributed by atoms with E-state index in [4.69, 9.17) is 9.47 Å². The molecule has 2 nitrogen and oxygen atoms in total. The largest absolute Gasteiger partial charge is 0.470 e. The molecule has 2 heteroatoms. The predicted octanol–water partition coefficient (Wildman–Crippen LogP) is 0.645. The number of ether oxygens (including phenoxy) is 2. The molecule has 0 aromatic rings. The van der Waals surface area contributed by atoms with Crippen LogP contribution in [0, 0.1) is 0 Å². The number of rotatable bonds is 0. The topological polar surface area (TPSA) is 21.8 Å². The second kappa shape index (κ2) is 1.01. The molecule has 2 atom stereocenters. The number of fused-ring (bicyclic) bond motifs is 1. The first-order chi connectivity index (χ1) is 3.47. The van der Waals surface area contributed by atoms with Gasteiger partial charge in [-0.05, 0) is 6.08 Å². The van der Waals surface area contributed by atoms with E-state index in [1.54, 1.807) is 6.26 Å². The van der Waals surface area contributed by atoms with Crippen molar-refractivity contribution >= 4 is 0 Å². The zero-order valence-electron chi connectivity index (χ0n) is 3.83. The smallest absolute Gasteiger partial charge is 0.226 e. The van der Waals surface area contributed by atoms with E-state index < -0.39 is 0 Å². The van der Waals surface area contributed by atoms with E-state index in [-0.39, 0.29) is 6.29 Å². The summed E-state index contributed by atoms with van der Waals surface area (Å²) in [4.78, 5) is 0. The monoisotopic (exact) mass is 98.0 g/mol. The summed E-state index contributed by atoms with van der Waals surface area (Å²) in [6.45, 7) is 0. The first kappa shape index (κ1) is 3.50. The summed E-state index contributed by atoms with van der Waals surface area (Å²) in [5.41, 5.74) is 0. The SMILES string of the molecule is C1=CO[C@@H]2O[C@H]2C1. The first-order valence-electron chi connectivity index (χ1n) is 2.43. The minimum atomic E-state index is 0.116.